The zero-order chi connectivity index (χ0) is 11.7. The number of nitrogens with zero attached hydrogens (tertiary/aromatic N) is 1. The summed E-state index contributed by atoms with van der Waals surface area (Å²) >= 11 is 1.48. The van der Waals surface area contributed by atoms with E-state index in [1.54, 1.807) is 19.1 Å². The highest BCUT2D eigenvalue weighted by Crippen LogP contribution is 2.32. The number of thiazole rings is 1. The lowest BCUT2D eigenvalue weighted by Gasteiger charge is -1.98. The molecule has 3 nitrogen and oxygen atoms in total. The molecule has 16 heavy (non-hydrogen) atoms. The Morgan fingerprint density at radius 3 is 2.38 bits per heavy atom. The molecule has 84 valence electrons. The standard InChI is InChI=1S/C12H13NO2S/c1-7-11(8(2)14)16-12(13-7)9-3-5-10(15)6-4-9/h3-6,8,14-15H,1-2H3. The maximum atomic E-state index is 9.54. The molecule has 2 aromatic rings. The lowest BCUT2D eigenvalue weighted by atomic mass is 10.2. The van der Waals surface area contributed by atoms with Crippen molar-refractivity contribution in [2.45, 2.75) is 20.0 Å². The second kappa shape index (κ2) is 4.23. The summed E-state index contributed by atoms with van der Waals surface area (Å²) in [7, 11) is 0. The van der Waals surface area contributed by atoms with Crippen molar-refractivity contribution in [2.24, 2.45) is 0 Å². The maximum absolute atomic E-state index is 9.54. The number of aliphatic hydroxyl groups is 1. The Balaban J connectivity index is 2.41. The van der Waals surface area contributed by atoms with Crippen molar-refractivity contribution in [3.63, 3.8) is 0 Å². The predicted octanol–water partition coefficient (Wildman–Crippen LogP) is 2.88. The highest BCUT2D eigenvalue weighted by atomic mass is 32.1. The Kier molecular flexibility index (Phi) is 2.94. The number of aryl methyl sites for hydroxylation is 1. The van der Waals surface area contributed by atoms with Crippen LogP contribution in [0.3, 0.4) is 0 Å². The molecule has 1 unspecified atom stereocenters. The summed E-state index contributed by atoms with van der Waals surface area (Å²) in [6, 6.07) is 6.90. The number of aromatic nitrogens is 1. The number of aromatic hydroxyl groups is 1. The first-order valence-electron chi connectivity index (χ1n) is 5.02. The molecule has 0 fully saturated rings. The van der Waals surface area contributed by atoms with Crippen LogP contribution in [-0.4, -0.2) is 15.2 Å². The lowest BCUT2D eigenvalue weighted by Crippen LogP contribution is -1.88. The first-order valence-corrected chi connectivity index (χ1v) is 5.84. The molecule has 0 saturated heterocycles. The summed E-state index contributed by atoms with van der Waals surface area (Å²) < 4.78 is 0. The second-order valence-electron chi connectivity index (χ2n) is 3.69. The molecule has 2 rings (SSSR count). The lowest BCUT2D eigenvalue weighted by molar-refractivity contribution is 0.202. The van der Waals surface area contributed by atoms with Crippen LogP contribution in [0.1, 0.15) is 23.6 Å². The van der Waals surface area contributed by atoms with E-state index in [1.807, 2.05) is 19.1 Å². The smallest absolute Gasteiger partial charge is 0.123 e. The molecule has 0 amide bonds. The van der Waals surface area contributed by atoms with Crippen LogP contribution in [0.25, 0.3) is 10.6 Å². The molecule has 1 atom stereocenters. The van der Waals surface area contributed by atoms with Crippen molar-refractivity contribution in [2.75, 3.05) is 0 Å². The molecule has 2 N–H and O–H groups in total. The minimum absolute atomic E-state index is 0.243. The minimum Gasteiger partial charge on any atom is -0.508 e. The van der Waals surface area contributed by atoms with Crippen molar-refractivity contribution in [1.82, 2.24) is 4.98 Å². The van der Waals surface area contributed by atoms with Gasteiger partial charge in [0.15, 0.2) is 0 Å². The third kappa shape index (κ3) is 2.08. The fraction of sp³-hybridized carbons (Fsp3) is 0.250. The van der Waals surface area contributed by atoms with Gasteiger partial charge in [0.2, 0.25) is 0 Å². The van der Waals surface area contributed by atoms with Crippen LogP contribution in [0, 0.1) is 6.92 Å². The largest absolute Gasteiger partial charge is 0.508 e. The van der Waals surface area contributed by atoms with Crippen LogP contribution < -0.4 is 0 Å². The SMILES string of the molecule is Cc1nc(-c2ccc(O)cc2)sc1C(C)O. The Labute approximate surface area is 98.0 Å². The van der Waals surface area contributed by atoms with Crippen LogP contribution in [0.5, 0.6) is 5.75 Å². The number of benzene rings is 1. The van der Waals surface area contributed by atoms with Gasteiger partial charge in [0.25, 0.3) is 0 Å². The summed E-state index contributed by atoms with van der Waals surface area (Å²) in [6.45, 7) is 3.63. The fourth-order valence-electron chi connectivity index (χ4n) is 1.52. The van der Waals surface area contributed by atoms with Crippen molar-refractivity contribution in [3.05, 3.63) is 34.8 Å². The van der Waals surface area contributed by atoms with Gasteiger partial charge >= 0.3 is 0 Å². The molecule has 1 aromatic heterocycles. The van der Waals surface area contributed by atoms with E-state index >= 15 is 0 Å². The van der Waals surface area contributed by atoms with Gasteiger partial charge in [0, 0.05) is 5.56 Å². The van der Waals surface area contributed by atoms with E-state index in [1.165, 1.54) is 11.3 Å². The molecule has 0 aliphatic carbocycles. The van der Waals surface area contributed by atoms with Crippen LogP contribution >= 0.6 is 11.3 Å². The van der Waals surface area contributed by atoms with Gasteiger partial charge < -0.3 is 10.2 Å². The van der Waals surface area contributed by atoms with Gasteiger partial charge in [0.05, 0.1) is 16.7 Å². The summed E-state index contributed by atoms with van der Waals surface area (Å²) in [5.41, 5.74) is 1.82. The highest BCUT2D eigenvalue weighted by Gasteiger charge is 2.12. The van der Waals surface area contributed by atoms with E-state index in [0.29, 0.717) is 0 Å². The summed E-state index contributed by atoms with van der Waals surface area (Å²) in [4.78, 5) is 5.30. The van der Waals surface area contributed by atoms with Gasteiger partial charge in [-0.3, -0.25) is 0 Å². The Bertz CT molecular complexity index is 488. The van der Waals surface area contributed by atoms with Gasteiger partial charge in [-0.1, -0.05) is 0 Å². The van der Waals surface area contributed by atoms with Crippen molar-refractivity contribution in [3.8, 4) is 16.3 Å². The average Bonchev–Trinajstić information content (AvgIpc) is 2.61. The fourth-order valence-corrected chi connectivity index (χ4v) is 2.53. The molecule has 0 aliphatic heterocycles. The topological polar surface area (TPSA) is 53.4 Å². The van der Waals surface area contributed by atoms with E-state index in [-0.39, 0.29) is 5.75 Å². The van der Waals surface area contributed by atoms with Gasteiger partial charge in [-0.2, -0.15) is 0 Å². The summed E-state index contributed by atoms with van der Waals surface area (Å²) in [6.07, 6.45) is -0.483. The molecule has 0 radical (unpaired) electrons. The zero-order valence-electron chi connectivity index (χ0n) is 9.14. The van der Waals surface area contributed by atoms with Gasteiger partial charge in [-0.25, -0.2) is 4.98 Å². The average molecular weight is 235 g/mol. The second-order valence-corrected chi connectivity index (χ2v) is 4.72. The minimum atomic E-state index is -0.483. The van der Waals surface area contributed by atoms with E-state index < -0.39 is 6.10 Å². The van der Waals surface area contributed by atoms with Gasteiger partial charge in [-0.05, 0) is 38.1 Å². The number of phenolic OH excluding ortho intramolecular Hbond substituents is 1. The van der Waals surface area contributed by atoms with Crippen molar-refractivity contribution < 1.29 is 10.2 Å². The molecule has 4 heteroatoms. The van der Waals surface area contributed by atoms with Crippen LogP contribution in [0.15, 0.2) is 24.3 Å². The van der Waals surface area contributed by atoms with Crippen LogP contribution in [-0.2, 0) is 0 Å². The van der Waals surface area contributed by atoms with E-state index in [2.05, 4.69) is 4.98 Å². The van der Waals surface area contributed by atoms with Crippen molar-refractivity contribution >= 4 is 11.3 Å². The maximum Gasteiger partial charge on any atom is 0.123 e. The molecule has 1 aromatic carbocycles. The number of rotatable bonds is 2. The molecule has 0 aliphatic rings. The van der Waals surface area contributed by atoms with E-state index in [9.17, 15) is 10.2 Å². The van der Waals surface area contributed by atoms with Gasteiger partial charge in [0.1, 0.15) is 10.8 Å². The summed E-state index contributed by atoms with van der Waals surface area (Å²) in [5, 5.41) is 19.6. The summed E-state index contributed by atoms with van der Waals surface area (Å²) in [5.74, 6) is 0.243. The van der Waals surface area contributed by atoms with Crippen LogP contribution in [0.2, 0.25) is 0 Å². The molecule has 0 spiro atoms. The first-order chi connectivity index (χ1) is 7.58. The number of phenols is 1. The van der Waals surface area contributed by atoms with E-state index in [0.717, 1.165) is 21.1 Å². The number of hydrogen-bond donors (Lipinski definition) is 2. The monoisotopic (exact) mass is 235 g/mol. The van der Waals surface area contributed by atoms with Gasteiger partial charge in [-0.15, -0.1) is 11.3 Å². The Morgan fingerprint density at radius 1 is 1.25 bits per heavy atom. The molecular formula is C12H13NO2S. The molecule has 0 saturated carbocycles. The third-order valence-electron chi connectivity index (χ3n) is 2.33. The molecule has 1 heterocycles. The quantitative estimate of drug-likeness (QED) is 0.841. The predicted molar refractivity (Wildman–Crippen MR) is 64.6 cm³/mol. The van der Waals surface area contributed by atoms with E-state index in [4.69, 9.17) is 0 Å². The zero-order valence-corrected chi connectivity index (χ0v) is 9.95. The highest BCUT2D eigenvalue weighted by molar-refractivity contribution is 7.15. The third-order valence-corrected chi connectivity index (χ3v) is 3.70. The normalized spacial score (nSPS) is 12.7. The Morgan fingerprint density at radius 2 is 1.88 bits per heavy atom. The Hall–Kier alpha value is -1.39. The van der Waals surface area contributed by atoms with Crippen molar-refractivity contribution in [1.29, 1.82) is 0 Å². The van der Waals surface area contributed by atoms with Crippen LogP contribution in [0.4, 0.5) is 0 Å². The first kappa shape index (κ1) is 11.1. The molecular weight excluding hydrogens is 222 g/mol. The number of aliphatic hydroxyl groups excluding tert-OH is 1. The molecule has 0 bridgehead atoms. The number of hydrogen-bond acceptors (Lipinski definition) is 4.